The van der Waals surface area contributed by atoms with Gasteiger partial charge in [-0.25, -0.2) is 0 Å². The van der Waals surface area contributed by atoms with Gasteiger partial charge >= 0.3 is 0 Å². The molecule has 0 bridgehead atoms. The third kappa shape index (κ3) is 3.04. The molecule has 0 aliphatic heterocycles. The van der Waals surface area contributed by atoms with Crippen LogP contribution < -0.4 is 0 Å². The van der Waals surface area contributed by atoms with Crippen molar-refractivity contribution < 1.29 is 5.11 Å². The molecule has 1 nitrogen and oxygen atoms in total. The number of hydrogen-bond donors (Lipinski definition) is 1. The summed E-state index contributed by atoms with van der Waals surface area (Å²) in [5.41, 5.74) is 1.96. The number of halogens is 3. The van der Waals surface area contributed by atoms with E-state index < -0.39 is 6.10 Å². The third-order valence-corrected chi connectivity index (χ3v) is 6.17. The van der Waals surface area contributed by atoms with Gasteiger partial charge < -0.3 is 5.11 Å². The van der Waals surface area contributed by atoms with Crippen LogP contribution >= 0.6 is 61.5 Å². The molecule has 0 spiro atoms. The molecule has 17 heavy (non-hydrogen) atoms. The number of aliphatic hydroxyl groups excluding tert-OH is 1. The lowest BCUT2D eigenvalue weighted by Crippen LogP contribution is -1.97. The van der Waals surface area contributed by atoms with Gasteiger partial charge in [0.05, 0.1) is 8.81 Å². The van der Waals surface area contributed by atoms with Crippen LogP contribution in [-0.2, 0) is 0 Å². The fourth-order valence-electron chi connectivity index (χ4n) is 1.47. The lowest BCUT2D eigenvalue weighted by atomic mass is 10.1. The molecular weight excluding hydrogens is 434 g/mol. The summed E-state index contributed by atoms with van der Waals surface area (Å²) < 4.78 is 2.05. The summed E-state index contributed by atoms with van der Waals surface area (Å²) in [7, 11) is 0. The van der Waals surface area contributed by atoms with Crippen molar-refractivity contribution in [3.05, 3.63) is 52.6 Å². The summed E-state index contributed by atoms with van der Waals surface area (Å²) >= 11 is 13.2. The molecule has 0 saturated carbocycles. The van der Waals surface area contributed by atoms with E-state index in [1.807, 2.05) is 31.2 Å². The van der Waals surface area contributed by atoms with Crippen molar-refractivity contribution in [2.45, 2.75) is 13.0 Å². The van der Waals surface area contributed by atoms with Gasteiger partial charge in [-0.1, -0.05) is 17.7 Å². The van der Waals surface area contributed by atoms with Crippen LogP contribution in [0, 0.1) is 10.5 Å². The molecular formula is C12H9BrClIOS. The van der Waals surface area contributed by atoms with Crippen LogP contribution in [-0.4, -0.2) is 5.11 Å². The van der Waals surface area contributed by atoms with E-state index in [1.165, 1.54) is 0 Å². The van der Waals surface area contributed by atoms with E-state index in [0.29, 0.717) is 5.02 Å². The summed E-state index contributed by atoms with van der Waals surface area (Å²) in [4.78, 5) is 0.923. The smallest absolute Gasteiger partial charge is 0.113 e. The van der Waals surface area contributed by atoms with Crippen molar-refractivity contribution in [3.8, 4) is 0 Å². The van der Waals surface area contributed by atoms with E-state index in [9.17, 15) is 5.11 Å². The van der Waals surface area contributed by atoms with Crippen LogP contribution in [0.2, 0.25) is 5.02 Å². The van der Waals surface area contributed by atoms with E-state index in [0.717, 1.165) is 23.4 Å². The first kappa shape index (κ1) is 13.8. The van der Waals surface area contributed by atoms with Gasteiger partial charge in [-0.05, 0) is 74.8 Å². The molecule has 0 amide bonds. The molecule has 1 aromatic carbocycles. The Kier molecular flexibility index (Phi) is 4.52. The van der Waals surface area contributed by atoms with Crippen molar-refractivity contribution in [1.82, 2.24) is 0 Å². The van der Waals surface area contributed by atoms with Crippen molar-refractivity contribution in [1.29, 1.82) is 0 Å². The Bertz CT molecular complexity index is 536. The minimum Gasteiger partial charge on any atom is -0.383 e. The van der Waals surface area contributed by atoms with Crippen LogP contribution in [0.25, 0.3) is 0 Å². The predicted molar refractivity (Wildman–Crippen MR) is 85.0 cm³/mol. The molecule has 1 unspecified atom stereocenters. The Morgan fingerprint density at radius 3 is 2.65 bits per heavy atom. The molecule has 5 heteroatoms. The third-order valence-electron chi connectivity index (χ3n) is 2.41. The van der Waals surface area contributed by atoms with Crippen molar-refractivity contribution in [2.24, 2.45) is 0 Å². The van der Waals surface area contributed by atoms with Gasteiger partial charge in [-0.2, -0.15) is 0 Å². The lowest BCUT2D eigenvalue weighted by molar-refractivity contribution is 0.224. The van der Waals surface area contributed by atoms with Crippen LogP contribution in [0.5, 0.6) is 0 Å². The molecule has 2 aromatic rings. The van der Waals surface area contributed by atoms with Gasteiger partial charge in [0.1, 0.15) is 6.10 Å². The average Bonchev–Trinajstić information content (AvgIpc) is 2.62. The Hall–Kier alpha value is 0.380. The summed E-state index contributed by atoms with van der Waals surface area (Å²) in [5, 5.41) is 10.9. The van der Waals surface area contributed by atoms with Crippen LogP contribution in [0.1, 0.15) is 22.1 Å². The standard InChI is InChI=1S/C12H9BrClIOS/c1-6-4-10(17-12(6)13)11(16)7-2-3-9(15)8(14)5-7/h2-5,11,16H,1H3. The molecule has 0 aliphatic rings. The maximum Gasteiger partial charge on any atom is 0.113 e. The number of hydrogen-bond acceptors (Lipinski definition) is 2. The summed E-state index contributed by atoms with van der Waals surface area (Å²) in [6.45, 7) is 2.01. The second kappa shape index (κ2) is 5.57. The highest BCUT2D eigenvalue weighted by Crippen LogP contribution is 2.35. The SMILES string of the molecule is Cc1cc(C(O)c2ccc(I)c(Cl)c2)sc1Br. The number of thiophene rings is 1. The van der Waals surface area contributed by atoms with Gasteiger partial charge in [0.25, 0.3) is 0 Å². The summed E-state index contributed by atoms with van der Waals surface area (Å²) in [6, 6.07) is 7.63. The molecule has 0 radical (unpaired) electrons. The second-order valence-corrected chi connectivity index (χ2v) is 7.65. The predicted octanol–water partition coefficient (Wildman–Crippen LogP) is 5.16. The Morgan fingerprint density at radius 2 is 2.12 bits per heavy atom. The number of aliphatic hydroxyl groups is 1. The second-order valence-electron chi connectivity index (χ2n) is 3.68. The first-order chi connectivity index (χ1) is 7.99. The first-order valence-corrected chi connectivity index (χ1v) is 7.94. The molecule has 1 atom stereocenters. The van der Waals surface area contributed by atoms with Crippen LogP contribution in [0.3, 0.4) is 0 Å². The highest BCUT2D eigenvalue weighted by atomic mass is 127. The molecule has 2 rings (SSSR count). The van der Waals surface area contributed by atoms with Gasteiger partial charge in [-0.3, -0.25) is 0 Å². The lowest BCUT2D eigenvalue weighted by Gasteiger charge is -2.09. The summed E-state index contributed by atoms with van der Waals surface area (Å²) in [6.07, 6.45) is -0.612. The zero-order valence-corrected chi connectivity index (χ0v) is 14.2. The molecule has 1 N–H and O–H groups in total. The maximum atomic E-state index is 10.3. The molecule has 0 fully saturated rings. The Morgan fingerprint density at radius 1 is 1.41 bits per heavy atom. The number of aryl methyl sites for hydroxylation is 1. The van der Waals surface area contributed by atoms with E-state index in [4.69, 9.17) is 11.6 Å². The molecule has 1 aromatic heterocycles. The van der Waals surface area contributed by atoms with Gasteiger partial charge in [0, 0.05) is 8.45 Å². The molecule has 0 aliphatic carbocycles. The minimum absolute atomic E-state index is 0.612. The quantitative estimate of drug-likeness (QED) is 0.636. The van der Waals surface area contributed by atoms with Crippen molar-refractivity contribution in [3.63, 3.8) is 0 Å². The van der Waals surface area contributed by atoms with Crippen molar-refractivity contribution >= 4 is 61.5 Å². The number of rotatable bonds is 2. The van der Waals surface area contributed by atoms with E-state index in [2.05, 4.69) is 38.5 Å². The number of benzene rings is 1. The highest BCUT2D eigenvalue weighted by Gasteiger charge is 2.15. The first-order valence-electron chi connectivity index (χ1n) is 4.88. The normalized spacial score (nSPS) is 12.8. The van der Waals surface area contributed by atoms with Crippen molar-refractivity contribution in [2.75, 3.05) is 0 Å². The summed E-state index contributed by atoms with van der Waals surface area (Å²) in [5.74, 6) is 0. The zero-order valence-electron chi connectivity index (χ0n) is 8.88. The van der Waals surface area contributed by atoms with Crippen LogP contribution in [0.4, 0.5) is 0 Å². The fourth-order valence-corrected chi connectivity index (χ4v) is 3.57. The fraction of sp³-hybridized carbons (Fsp3) is 0.167. The Labute approximate surface area is 131 Å². The zero-order chi connectivity index (χ0) is 12.6. The molecule has 1 heterocycles. The van der Waals surface area contributed by atoms with Gasteiger partial charge in [0.15, 0.2) is 0 Å². The highest BCUT2D eigenvalue weighted by molar-refractivity contribution is 14.1. The van der Waals surface area contributed by atoms with E-state index >= 15 is 0 Å². The average molecular weight is 444 g/mol. The Balaban J connectivity index is 2.36. The monoisotopic (exact) mass is 442 g/mol. The molecule has 90 valence electrons. The van der Waals surface area contributed by atoms with Crippen LogP contribution in [0.15, 0.2) is 28.1 Å². The largest absolute Gasteiger partial charge is 0.383 e. The minimum atomic E-state index is -0.612. The topological polar surface area (TPSA) is 20.2 Å². The molecule has 0 saturated heterocycles. The van der Waals surface area contributed by atoms with Gasteiger partial charge in [0.2, 0.25) is 0 Å². The van der Waals surface area contributed by atoms with E-state index in [1.54, 1.807) is 11.3 Å². The maximum absolute atomic E-state index is 10.3. The van der Waals surface area contributed by atoms with Gasteiger partial charge in [-0.15, -0.1) is 11.3 Å². The van der Waals surface area contributed by atoms with E-state index in [-0.39, 0.29) is 0 Å².